The summed E-state index contributed by atoms with van der Waals surface area (Å²) in [6.07, 6.45) is 0.641. The fourth-order valence-corrected chi connectivity index (χ4v) is 3.46. The predicted octanol–water partition coefficient (Wildman–Crippen LogP) is 2.62. The highest BCUT2D eigenvalue weighted by Gasteiger charge is 2.43. The highest BCUT2D eigenvalue weighted by Crippen LogP contribution is 2.41. The van der Waals surface area contributed by atoms with Gasteiger partial charge < -0.3 is 4.74 Å². The van der Waals surface area contributed by atoms with Crippen molar-refractivity contribution >= 4 is 17.3 Å². The van der Waals surface area contributed by atoms with Gasteiger partial charge in [-0.2, -0.15) is 0 Å². The Labute approximate surface area is 129 Å². The maximum Gasteiger partial charge on any atom is 0.190 e. The highest BCUT2D eigenvalue weighted by atomic mass is 16.5. The minimum absolute atomic E-state index is 0.0281. The van der Waals surface area contributed by atoms with Gasteiger partial charge in [-0.25, -0.2) is 0 Å². The molecule has 22 heavy (non-hydrogen) atoms. The van der Waals surface area contributed by atoms with Crippen molar-refractivity contribution < 1.29 is 19.1 Å². The molecule has 2 unspecified atom stereocenters. The lowest BCUT2D eigenvalue weighted by atomic mass is 9.67. The third-order valence-electron chi connectivity index (χ3n) is 4.73. The van der Waals surface area contributed by atoms with Crippen LogP contribution in [0.3, 0.4) is 0 Å². The number of carbonyl (C=O) groups is 3. The van der Waals surface area contributed by atoms with E-state index in [0.717, 1.165) is 0 Å². The molecule has 0 fully saturated rings. The Morgan fingerprint density at radius 2 is 1.73 bits per heavy atom. The van der Waals surface area contributed by atoms with Gasteiger partial charge in [0.05, 0.1) is 0 Å². The second-order valence-corrected chi connectivity index (χ2v) is 5.92. The number of methoxy groups -OCH3 is 1. The fourth-order valence-electron chi connectivity index (χ4n) is 3.46. The number of ether oxygens (including phenoxy) is 1. The molecule has 114 valence electrons. The van der Waals surface area contributed by atoms with Crippen LogP contribution in [0.1, 0.15) is 40.5 Å². The van der Waals surface area contributed by atoms with Crippen molar-refractivity contribution in [3.8, 4) is 0 Å². The number of allylic oxidation sites excluding steroid dienone is 2. The maximum atomic E-state index is 12.9. The number of benzene rings is 1. The van der Waals surface area contributed by atoms with E-state index in [2.05, 4.69) is 0 Å². The minimum atomic E-state index is -0.254. The van der Waals surface area contributed by atoms with Gasteiger partial charge in [0.2, 0.25) is 0 Å². The van der Waals surface area contributed by atoms with E-state index in [1.165, 1.54) is 0 Å². The van der Waals surface area contributed by atoms with Crippen LogP contribution < -0.4 is 0 Å². The van der Waals surface area contributed by atoms with Crippen molar-refractivity contribution in [2.24, 2.45) is 11.8 Å². The molecular weight excluding hydrogens is 280 g/mol. The van der Waals surface area contributed by atoms with E-state index >= 15 is 0 Å². The lowest BCUT2D eigenvalue weighted by Crippen LogP contribution is -2.37. The molecule has 0 saturated carbocycles. The zero-order chi connectivity index (χ0) is 15.9. The standard InChI is InChI=1S/C18H18O4/c1-10-11(7-8-22-2)16-14(9-15(10)19)17(20)12-5-3-4-6-13(12)18(16)21/h3-6,10-11H,7-9H2,1-2H3. The Morgan fingerprint density at radius 1 is 1.09 bits per heavy atom. The van der Waals surface area contributed by atoms with Gasteiger partial charge in [0, 0.05) is 48.3 Å². The van der Waals surface area contributed by atoms with E-state index in [1.54, 1.807) is 31.4 Å². The molecule has 0 spiro atoms. The molecule has 0 bridgehead atoms. The van der Waals surface area contributed by atoms with Crippen molar-refractivity contribution in [2.45, 2.75) is 19.8 Å². The molecule has 0 N–H and O–H groups in total. The molecule has 0 saturated heterocycles. The fraction of sp³-hybridized carbons (Fsp3) is 0.389. The minimum Gasteiger partial charge on any atom is -0.385 e. The number of rotatable bonds is 3. The molecule has 4 nitrogen and oxygen atoms in total. The maximum absolute atomic E-state index is 12.9. The normalized spacial score (nSPS) is 24.4. The van der Waals surface area contributed by atoms with E-state index in [0.29, 0.717) is 35.3 Å². The van der Waals surface area contributed by atoms with Gasteiger partial charge in [0.15, 0.2) is 11.6 Å². The van der Waals surface area contributed by atoms with Gasteiger partial charge in [-0.15, -0.1) is 0 Å². The number of ketones is 3. The first-order chi connectivity index (χ1) is 10.6. The summed E-state index contributed by atoms with van der Waals surface area (Å²) in [5, 5.41) is 0. The summed E-state index contributed by atoms with van der Waals surface area (Å²) in [7, 11) is 1.59. The molecular formula is C18H18O4. The lowest BCUT2D eigenvalue weighted by Gasteiger charge is -2.34. The first kappa shape index (κ1) is 14.9. The van der Waals surface area contributed by atoms with Crippen LogP contribution in [-0.4, -0.2) is 31.1 Å². The van der Waals surface area contributed by atoms with Gasteiger partial charge in [0.1, 0.15) is 5.78 Å². The largest absolute Gasteiger partial charge is 0.385 e. The molecule has 2 atom stereocenters. The van der Waals surface area contributed by atoms with E-state index in [9.17, 15) is 14.4 Å². The van der Waals surface area contributed by atoms with Crippen molar-refractivity contribution in [3.63, 3.8) is 0 Å². The van der Waals surface area contributed by atoms with Crippen LogP contribution in [0.15, 0.2) is 35.4 Å². The van der Waals surface area contributed by atoms with Crippen LogP contribution in [0.25, 0.3) is 0 Å². The van der Waals surface area contributed by atoms with E-state index in [-0.39, 0.29) is 35.6 Å². The molecule has 1 aromatic carbocycles. The summed E-state index contributed by atoms with van der Waals surface area (Å²) in [5.41, 5.74) is 1.80. The van der Waals surface area contributed by atoms with Crippen molar-refractivity contribution in [1.29, 1.82) is 0 Å². The topological polar surface area (TPSA) is 60.4 Å². The zero-order valence-electron chi connectivity index (χ0n) is 12.7. The SMILES string of the molecule is COCCC1C2=C(CC(=O)C1C)C(=O)c1ccccc1C2=O. The van der Waals surface area contributed by atoms with Crippen LogP contribution in [0.2, 0.25) is 0 Å². The van der Waals surface area contributed by atoms with Gasteiger partial charge in [0.25, 0.3) is 0 Å². The van der Waals surface area contributed by atoms with Crippen LogP contribution in [-0.2, 0) is 9.53 Å². The molecule has 2 aliphatic rings. The molecule has 2 aliphatic carbocycles. The number of hydrogen-bond donors (Lipinski definition) is 0. The summed E-state index contributed by atoms with van der Waals surface area (Å²) >= 11 is 0. The van der Waals surface area contributed by atoms with Gasteiger partial charge in [-0.05, 0) is 12.3 Å². The van der Waals surface area contributed by atoms with Gasteiger partial charge >= 0.3 is 0 Å². The monoisotopic (exact) mass is 298 g/mol. The van der Waals surface area contributed by atoms with E-state index < -0.39 is 0 Å². The Hall–Kier alpha value is -2.07. The van der Waals surface area contributed by atoms with E-state index in [4.69, 9.17) is 4.74 Å². The summed E-state index contributed by atoms with van der Waals surface area (Å²) in [4.78, 5) is 37.8. The van der Waals surface area contributed by atoms with Gasteiger partial charge in [-0.3, -0.25) is 14.4 Å². The average Bonchev–Trinajstić information content (AvgIpc) is 2.53. The third-order valence-corrected chi connectivity index (χ3v) is 4.73. The molecule has 0 radical (unpaired) electrons. The Bertz CT molecular complexity index is 699. The molecule has 0 heterocycles. The third kappa shape index (κ3) is 2.15. The second-order valence-electron chi connectivity index (χ2n) is 5.92. The predicted molar refractivity (Wildman–Crippen MR) is 80.9 cm³/mol. The Kier molecular flexibility index (Phi) is 3.79. The first-order valence-electron chi connectivity index (χ1n) is 7.49. The quantitative estimate of drug-likeness (QED) is 0.860. The van der Waals surface area contributed by atoms with Crippen LogP contribution >= 0.6 is 0 Å². The lowest BCUT2D eigenvalue weighted by molar-refractivity contribution is -0.123. The number of Topliss-reactive ketones (excluding diaryl/α,β-unsaturated/α-hetero) is 3. The molecule has 0 aliphatic heterocycles. The number of carbonyl (C=O) groups excluding carboxylic acids is 3. The van der Waals surface area contributed by atoms with E-state index in [1.807, 2.05) is 6.92 Å². The summed E-state index contributed by atoms with van der Waals surface area (Å²) in [6, 6.07) is 6.85. The smallest absolute Gasteiger partial charge is 0.190 e. The van der Waals surface area contributed by atoms with Gasteiger partial charge in [-0.1, -0.05) is 31.2 Å². The molecule has 0 amide bonds. The Balaban J connectivity index is 2.13. The molecule has 1 aromatic rings. The number of fused-ring (bicyclic) bond motifs is 1. The highest BCUT2D eigenvalue weighted by molar-refractivity contribution is 6.28. The number of hydrogen-bond acceptors (Lipinski definition) is 4. The summed E-state index contributed by atoms with van der Waals surface area (Å²) in [5.74, 6) is -0.740. The first-order valence-corrected chi connectivity index (χ1v) is 7.49. The zero-order valence-corrected chi connectivity index (χ0v) is 12.7. The molecule has 4 heteroatoms. The van der Waals surface area contributed by atoms with Crippen molar-refractivity contribution in [3.05, 3.63) is 46.5 Å². The molecule has 0 aromatic heterocycles. The second kappa shape index (κ2) is 5.61. The van der Waals surface area contributed by atoms with Crippen LogP contribution in [0.5, 0.6) is 0 Å². The molecule has 3 rings (SSSR count). The van der Waals surface area contributed by atoms with Crippen LogP contribution in [0, 0.1) is 11.8 Å². The van der Waals surface area contributed by atoms with Crippen molar-refractivity contribution in [2.75, 3.05) is 13.7 Å². The van der Waals surface area contributed by atoms with Crippen molar-refractivity contribution in [1.82, 2.24) is 0 Å². The van der Waals surface area contributed by atoms with Crippen LogP contribution in [0.4, 0.5) is 0 Å². The Morgan fingerprint density at radius 3 is 2.36 bits per heavy atom. The summed E-state index contributed by atoms with van der Waals surface area (Å²) in [6.45, 7) is 2.30. The average molecular weight is 298 g/mol. The summed E-state index contributed by atoms with van der Waals surface area (Å²) < 4.78 is 5.11.